The van der Waals surface area contributed by atoms with Crippen molar-refractivity contribution in [2.24, 2.45) is 0 Å². The van der Waals surface area contributed by atoms with Crippen molar-refractivity contribution in [3.63, 3.8) is 0 Å². The lowest BCUT2D eigenvalue weighted by atomic mass is 10.2. The molecule has 0 atom stereocenters. The molecule has 2 aromatic rings. The lowest BCUT2D eigenvalue weighted by Gasteiger charge is -2.11. The van der Waals surface area contributed by atoms with E-state index in [4.69, 9.17) is 4.74 Å². The summed E-state index contributed by atoms with van der Waals surface area (Å²) in [6.45, 7) is 5.42. The van der Waals surface area contributed by atoms with E-state index in [2.05, 4.69) is 11.3 Å². The van der Waals surface area contributed by atoms with Crippen LogP contribution in [0.3, 0.4) is 0 Å². The fraction of sp³-hybridized carbons (Fsp3) is 0.125. The Hall–Kier alpha value is -2.34. The van der Waals surface area contributed by atoms with Crippen LogP contribution in [0.15, 0.2) is 60.0 Å². The molecule has 0 amide bonds. The minimum absolute atomic E-state index is 0.0336. The molecule has 2 aromatic carbocycles. The quantitative estimate of drug-likeness (QED) is 0.829. The molecular weight excluding hydrogens is 305 g/mol. The van der Waals surface area contributed by atoms with Crippen molar-refractivity contribution in [2.45, 2.75) is 11.8 Å². The zero-order chi connectivity index (χ0) is 16.2. The zero-order valence-corrected chi connectivity index (χ0v) is 12.9. The molecule has 0 fully saturated rings. The summed E-state index contributed by atoms with van der Waals surface area (Å²) in [5, 5.41) is 0. The van der Waals surface area contributed by atoms with Crippen LogP contribution in [0.5, 0.6) is 5.75 Å². The highest BCUT2D eigenvalue weighted by atomic mass is 32.2. The molecular formula is C16H16FNO3S. The van der Waals surface area contributed by atoms with E-state index in [1.54, 1.807) is 37.3 Å². The van der Waals surface area contributed by atoms with Gasteiger partial charge in [0.1, 0.15) is 18.2 Å². The second kappa shape index (κ2) is 6.62. The average Bonchev–Trinajstić information content (AvgIpc) is 2.44. The van der Waals surface area contributed by atoms with Crippen LogP contribution in [0.1, 0.15) is 5.56 Å². The molecule has 6 heteroatoms. The van der Waals surface area contributed by atoms with Gasteiger partial charge in [0.05, 0.1) is 10.6 Å². The van der Waals surface area contributed by atoms with Crippen LogP contribution in [0.25, 0.3) is 0 Å². The number of hydrogen-bond acceptors (Lipinski definition) is 3. The van der Waals surface area contributed by atoms with E-state index in [9.17, 15) is 12.8 Å². The summed E-state index contributed by atoms with van der Waals surface area (Å²) in [6, 6.07) is 10.1. The van der Waals surface area contributed by atoms with E-state index in [0.29, 0.717) is 23.6 Å². The molecule has 4 nitrogen and oxygen atoms in total. The third-order valence-electron chi connectivity index (χ3n) is 2.88. The summed E-state index contributed by atoms with van der Waals surface area (Å²) in [7, 11) is -3.79. The predicted octanol–water partition coefficient (Wildman–Crippen LogP) is 3.50. The van der Waals surface area contributed by atoms with Gasteiger partial charge in [0.2, 0.25) is 0 Å². The van der Waals surface area contributed by atoms with Crippen LogP contribution in [-0.2, 0) is 10.0 Å². The van der Waals surface area contributed by atoms with Crippen molar-refractivity contribution in [3.05, 3.63) is 66.5 Å². The Morgan fingerprint density at radius 1 is 1.27 bits per heavy atom. The largest absolute Gasteiger partial charge is 0.489 e. The molecule has 0 aliphatic heterocycles. The van der Waals surface area contributed by atoms with Crippen molar-refractivity contribution >= 4 is 15.7 Å². The highest BCUT2D eigenvalue weighted by molar-refractivity contribution is 7.92. The molecule has 0 aromatic heterocycles. The molecule has 0 saturated carbocycles. The lowest BCUT2D eigenvalue weighted by Crippen LogP contribution is -2.14. The smallest absolute Gasteiger partial charge is 0.262 e. The van der Waals surface area contributed by atoms with Crippen LogP contribution in [0, 0.1) is 12.7 Å². The number of halogens is 1. The zero-order valence-electron chi connectivity index (χ0n) is 12.0. The molecule has 0 bridgehead atoms. The van der Waals surface area contributed by atoms with Gasteiger partial charge in [-0.2, -0.15) is 0 Å². The van der Waals surface area contributed by atoms with Crippen LogP contribution in [0.4, 0.5) is 10.1 Å². The summed E-state index contributed by atoms with van der Waals surface area (Å²) < 4.78 is 45.6. The third kappa shape index (κ3) is 3.85. The van der Waals surface area contributed by atoms with Gasteiger partial charge in [0.25, 0.3) is 10.0 Å². The van der Waals surface area contributed by atoms with E-state index in [-0.39, 0.29) is 4.90 Å². The van der Waals surface area contributed by atoms with Crippen LogP contribution in [-0.4, -0.2) is 15.0 Å². The summed E-state index contributed by atoms with van der Waals surface area (Å²) in [5.41, 5.74) is 0.705. The van der Waals surface area contributed by atoms with E-state index >= 15 is 0 Å². The van der Waals surface area contributed by atoms with Crippen molar-refractivity contribution in [1.82, 2.24) is 0 Å². The van der Waals surface area contributed by atoms with Gasteiger partial charge in [0.15, 0.2) is 0 Å². The molecule has 0 unspecified atom stereocenters. The number of ether oxygens (including phenoxy) is 1. The van der Waals surface area contributed by atoms with Gasteiger partial charge in [0, 0.05) is 6.07 Å². The minimum atomic E-state index is -3.79. The normalized spacial score (nSPS) is 11.0. The second-order valence-electron chi connectivity index (χ2n) is 4.64. The van der Waals surface area contributed by atoms with Gasteiger partial charge in [-0.3, -0.25) is 4.72 Å². The number of benzene rings is 2. The van der Waals surface area contributed by atoms with E-state index < -0.39 is 15.8 Å². The van der Waals surface area contributed by atoms with E-state index in [1.165, 1.54) is 12.1 Å². The monoisotopic (exact) mass is 321 g/mol. The molecule has 0 aliphatic carbocycles. The van der Waals surface area contributed by atoms with Crippen molar-refractivity contribution < 1.29 is 17.5 Å². The first-order chi connectivity index (χ1) is 10.4. The lowest BCUT2D eigenvalue weighted by molar-refractivity contribution is 0.363. The first-order valence-corrected chi connectivity index (χ1v) is 8.03. The minimum Gasteiger partial charge on any atom is -0.489 e. The molecule has 22 heavy (non-hydrogen) atoms. The number of nitrogens with one attached hydrogen (secondary N) is 1. The fourth-order valence-electron chi connectivity index (χ4n) is 1.93. The molecule has 0 heterocycles. The Morgan fingerprint density at radius 3 is 2.73 bits per heavy atom. The Bertz CT molecular complexity index is 788. The Labute approximate surface area is 129 Å². The summed E-state index contributed by atoms with van der Waals surface area (Å²) >= 11 is 0. The maximum Gasteiger partial charge on any atom is 0.262 e. The summed E-state index contributed by atoms with van der Waals surface area (Å²) in [5.74, 6) is 0.0483. The topological polar surface area (TPSA) is 55.4 Å². The van der Waals surface area contributed by atoms with Gasteiger partial charge >= 0.3 is 0 Å². The molecule has 2 rings (SSSR count). The molecule has 1 N–H and O–H groups in total. The second-order valence-corrected chi connectivity index (χ2v) is 6.29. The van der Waals surface area contributed by atoms with E-state index in [1.807, 2.05) is 0 Å². The first kappa shape index (κ1) is 16.0. The molecule has 0 radical (unpaired) electrons. The number of hydrogen-bond donors (Lipinski definition) is 1. The summed E-state index contributed by atoms with van der Waals surface area (Å²) in [6.07, 6.45) is 1.60. The standard InChI is InChI=1S/C16H16FNO3S/c1-3-9-21-15-6-4-5-14(11-15)18-22(19,20)16-8-7-13(17)10-12(16)2/h3-8,10-11,18H,1,9H2,2H3. The van der Waals surface area contributed by atoms with Gasteiger partial charge in [-0.1, -0.05) is 18.7 Å². The van der Waals surface area contributed by atoms with Gasteiger partial charge in [-0.15, -0.1) is 0 Å². The first-order valence-electron chi connectivity index (χ1n) is 6.55. The van der Waals surface area contributed by atoms with Gasteiger partial charge in [-0.05, 0) is 42.8 Å². The average molecular weight is 321 g/mol. The molecule has 0 spiro atoms. The van der Waals surface area contributed by atoms with Gasteiger partial charge < -0.3 is 4.74 Å². The molecule has 116 valence electrons. The van der Waals surface area contributed by atoms with Crippen molar-refractivity contribution in [3.8, 4) is 5.75 Å². The number of rotatable bonds is 6. The van der Waals surface area contributed by atoms with Crippen LogP contribution >= 0.6 is 0 Å². The maximum atomic E-state index is 13.1. The number of sulfonamides is 1. The van der Waals surface area contributed by atoms with Crippen LogP contribution < -0.4 is 9.46 Å². The van der Waals surface area contributed by atoms with Crippen molar-refractivity contribution in [2.75, 3.05) is 11.3 Å². The van der Waals surface area contributed by atoms with Crippen molar-refractivity contribution in [1.29, 1.82) is 0 Å². The molecule has 0 saturated heterocycles. The van der Waals surface area contributed by atoms with E-state index in [0.717, 1.165) is 6.07 Å². The highest BCUT2D eigenvalue weighted by Crippen LogP contribution is 2.23. The Kier molecular flexibility index (Phi) is 4.82. The van der Waals surface area contributed by atoms with Crippen LogP contribution in [0.2, 0.25) is 0 Å². The predicted molar refractivity (Wildman–Crippen MR) is 84.1 cm³/mol. The number of aryl methyl sites for hydroxylation is 1. The van der Waals surface area contributed by atoms with Gasteiger partial charge in [-0.25, -0.2) is 12.8 Å². The Balaban J connectivity index is 2.26. The summed E-state index contributed by atoms with van der Waals surface area (Å²) in [4.78, 5) is 0.0336. The molecule has 0 aliphatic rings. The number of anilines is 1. The third-order valence-corrected chi connectivity index (χ3v) is 4.42. The highest BCUT2D eigenvalue weighted by Gasteiger charge is 2.17. The fourth-order valence-corrected chi connectivity index (χ4v) is 3.21. The SMILES string of the molecule is C=CCOc1cccc(NS(=O)(=O)c2ccc(F)cc2C)c1. The maximum absolute atomic E-state index is 13.1. The Morgan fingerprint density at radius 2 is 2.05 bits per heavy atom.